The lowest BCUT2D eigenvalue weighted by Crippen LogP contribution is -2.10. The van der Waals surface area contributed by atoms with E-state index in [1.165, 1.54) is 14.2 Å². The molecular weight excluding hydrogens is 432 g/mol. The van der Waals surface area contributed by atoms with Crippen molar-refractivity contribution >= 4 is 15.4 Å². The quantitative estimate of drug-likeness (QED) is 0.367. The molecule has 166 valence electrons. The molecule has 0 aliphatic heterocycles. The van der Waals surface area contributed by atoms with Crippen LogP contribution in [0.25, 0.3) is 0 Å². The molecule has 0 aliphatic rings. The number of benzene rings is 1. The van der Waals surface area contributed by atoms with E-state index in [-0.39, 0.29) is 13.2 Å². The number of phosphoric ester groups is 1. The van der Waals surface area contributed by atoms with Crippen molar-refractivity contribution in [2.24, 2.45) is 0 Å². The molecule has 2 aromatic rings. The second kappa shape index (κ2) is 11.7. The van der Waals surface area contributed by atoms with Crippen molar-refractivity contribution in [2.45, 2.75) is 26.3 Å². The van der Waals surface area contributed by atoms with E-state index in [0.717, 1.165) is 5.69 Å². The van der Waals surface area contributed by atoms with E-state index >= 15 is 0 Å². The van der Waals surface area contributed by atoms with Crippen LogP contribution in [0.2, 0.25) is 0 Å². The van der Waals surface area contributed by atoms with Crippen molar-refractivity contribution in [3.05, 3.63) is 59.9 Å². The Kier molecular flexibility index (Phi) is 9.65. The highest BCUT2D eigenvalue weighted by atomic mass is 31.2. The first-order valence-corrected chi connectivity index (χ1v) is 12.4. The summed E-state index contributed by atoms with van der Waals surface area (Å²) >= 11 is 0. The predicted molar refractivity (Wildman–Crippen MR) is 111 cm³/mol. The molecule has 1 unspecified atom stereocenters. The third-order valence-electron chi connectivity index (χ3n) is 3.88. The van der Waals surface area contributed by atoms with Crippen LogP contribution in [0.3, 0.4) is 0 Å². The molecule has 0 saturated carbocycles. The molecule has 1 heterocycles. The van der Waals surface area contributed by atoms with E-state index in [4.69, 9.17) is 27.4 Å². The van der Waals surface area contributed by atoms with Crippen LogP contribution in [0.4, 0.5) is 0 Å². The van der Waals surface area contributed by atoms with Crippen molar-refractivity contribution in [1.29, 1.82) is 0 Å². The molecule has 1 atom stereocenters. The molecule has 1 aromatic carbocycles. The van der Waals surface area contributed by atoms with Gasteiger partial charge >= 0.3 is 15.4 Å². The smallest absolute Gasteiger partial charge is 0.475 e. The maximum atomic E-state index is 13.1. The van der Waals surface area contributed by atoms with Gasteiger partial charge in [-0.05, 0) is 43.7 Å². The lowest BCUT2D eigenvalue weighted by atomic mass is 10.2. The fourth-order valence-corrected chi connectivity index (χ4v) is 5.55. The standard InChI is InChI=1S/C19H27NO8P2/c1-5-26-30(22,27-6-2)28-19(29(21,23-3)24-4)16-10-12-18(13-11-16)25-15-17-9-7-8-14-20-17/h7-14,19H,5-6,15H2,1-4H3. The predicted octanol–water partition coefficient (Wildman–Crippen LogP) is 5.34. The Labute approximate surface area is 176 Å². The highest BCUT2D eigenvalue weighted by Gasteiger charge is 2.43. The van der Waals surface area contributed by atoms with Gasteiger partial charge in [0.1, 0.15) is 12.4 Å². The number of pyridine rings is 1. The molecule has 0 fully saturated rings. The number of phosphoric acid groups is 1. The number of hydrogen-bond acceptors (Lipinski definition) is 9. The summed E-state index contributed by atoms with van der Waals surface area (Å²) in [6.07, 6.45) is 1.69. The normalized spacial score (nSPS) is 13.2. The van der Waals surface area contributed by atoms with Crippen molar-refractivity contribution in [3.8, 4) is 5.75 Å². The minimum Gasteiger partial charge on any atom is -0.487 e. The van der Waals surface area contributed by atoms with E-state index in [1.807, 2.05) is 18.2 Å². The van der Waals surface area contributed by atoms with Crippen molar-refractivity contribution in [3.63, 3.8) is 0 Å². The van der Waals surface area contributed by atoms with Gasteiger partial charge in [-0.25, -0.2) is 4.57 Å². The van der Waals surface area contributed by atoms with Crippen LogP contribution in [0.1, 0.15) is 30.9 Å². The summed E-state index contributed by atoms with van der Waals surface area (Å²) in [7, 11) is -5.40. The first-order valence-electron chi connectivity index (χ1n) is 9.31. The van der Waals surface area contributed by atoms with Crippen molar-refractivity contribution < 1.29 is 36.5 Å². The van der Waals surface area contributed by atoms with Crippen LogP contribution in [0.5, 0.6) is 5.75 Å². The SMILES string of the molecule is CCOP(=O)(OCC)OC(c1ccc(OCc2ccccn2)cc1)P(=O)(OC)OC. The summed E-state index contributed by atoms with van der Waals surface area (Å²) in [6, 6.07) is 12.1. The van der Waals surface area contributed by atoms with Gasteiger partial charge in [-0.1, -0.05) is 18.2 Å². The highest BCUT2D eigenvalue weighted by molar-refractivity contribution is 7.55. The highest BCUT2D eigenvalue weighted by Crippen LogP contribution is 2.67. The number of aromatic nitrogens is 1. The van der Waals surface area contributed by atoms with E-state index in [0.29, 0.717) is 17.9 Å². The molecule has 0 amide bonds. The number of ether oxygens (including phenoxy) is 1. The average molecular weight is 459 g/mol. The van der Waals surface area contributed by atoms with Crippen molar-refractivity contribution in [2.75, 3.05) is 27.4 Å². The van der Waals surface area contributed by atoms with Gasteiger partial charge in [0.25, 0.3) is 0 Å². The Morgan fingerprint density at radius 2 is 1.57 bits per heavy atom. The largest absolute Gasteiger partial charge is 0.487 e. The summed E-state index contributed by atoms with van der Waals surface area (Å²) in [6.45, 7) is 3.73. The topological polar surface area (TPSA) is 102 Å². The zero-order valence-electron chi connectivity index (χ0n) is 17.4. The van der Waals surface area contributed by atoms with Crippen LogP contribution < -0.4 is 4.74 Å². The van der Waals surface area contributed by atoms with Gasteiger partial charge in [-0.15, -0.1) is 0 Å². The zero-order chi connectivity index (χ0) is 22.0. The van der Waals surface area contributed by atoms with Crippen molar-refractivity contribution in [1.82, 2.24) is 4.98 Å². The molecule has 0 spiro atoms. The molecule has 30 heavy (non-hydrogen) atoms. The van der Waals surface area contributed by atoms with E-state index in [1.54, 1.807) is 44.3 Å². The van der Waals surface area contributed by atoms with Gasteiger partial charge < -0.3 is 13.8 Å². The molecule has 9 nitrogen and oxygen atoms in total. The summed E-state index contributed by atoms with van der Waals surface area (Å²) in [5.74, 6) is -0.771. The summed E-state index contributed by atoms with van der Waals surface area (Å²) in [5, 5.41) is 0. The third-order valence-corrected chi connectivity index (χ3v) is 7.66. The van der Waals surface area contributed by atoms with E-state index in [9.17, 15) is 9.13 Å². The van der Waals surface area contributed by atoms with Gasteiger partial charge in [0.15, 0.2) is 5.85 Å². The van der Waals surface area contributed by atoms with Gasteiger partial charge in [0.05, 0.1) is 18.9 Å². The van der Waals surface area contributed by atoms with E-state index < -0.39 is 21.3 Å². The summed E-state index contributed by atoms with van der Waals surface area (Å²) < 4.78 is 57.7. The molecule has 0 bridgehead atoms. The second-order valence-electron chi connectivity index (χ2n) is 5.82. The minimum absolute atomic E-state index is 0.0779. The zero-order valence-corrected chi connectivity index (χ0v) is 19.2. The fourth-order valence-electron chi connectivity index (χ4n) is 2.47. The number of nitrogens with zero attached hydrogens (tertiary/aromatic N) is 1. The monoisotopic (exact) mass is 459 g/mol. The molecular formula is C19H27NO8P2. The van der Waals surface area contributed by atoms with Gasteiger partial charge in [-0.3, -0.25) is 23.1 Å². The van der Waals surface area contributed by atoms with E-state index in [2.05, 4.69) is 4.98 Å². The molecule has 0 N–H and O–H groups in total. The summed E-state index contributed by atoms with van der Waals surface area (Å²) in [5.41, 5.74) is 1.17. The summed E-state index contributed by atoms with van der Waals surface area (Å²) in [4.78, 5) is 4.20. The lowest BCUT2D eigenvalue weighted by molar-refractivity contribution is 0.0948. The van der Waals surface area contributed by atoms with Crippen LogP contribution >= 0.6 is 15.4 Å². The first kappa shape index (κ1) is 24.7. The average Bonchev–Trinajstić information content (AvgIpc) is 2.77. The fraction of sp³-hybridized carbons (Fsp3) is 0.421. The minimum atomic E-state index is -4.00. The van der Waals surface area contributed by atoms with Crippen LogP contribution in [0, 0.1) is 0 Å². The molecule has 2 rings (SSSR count). The van der Waals surface area contributed by atoms with Gasteiger partial charge in [0, 0.05) is 20.4 Å². The maximum Gasteiger partial charge on any atom is 0.475 e. The first-order chi connectivity index (χ1) is 14.4. The Bertz CT molecular complexity index is 845. The molecule has 0 aliphatic carbocycles. The molecule has 0 saturated heterocycles. The van der Waals surface area contributed by atoms with Crippen LogP contribution in [-0.2, 0) is 38.4 Å². The Balaban J connectivity index is 2.25. The molecule has 0 radical (unpaired) electrons. The number of hydrogen-bond donors (Lipinski definition) is 0. The Morgan fingerprint density at radius 1 is 0.933 bits per heavy atom. The Hall–Kier alpha value is -1.57. The van der Waals surface area contributed by atoms with Gasteiger partial charge in [0.2, 0.25) is 0 Å². The maximum absolute atomic E-state index is 13.1. The molecule has 11 heteroatoms. The van der Waals surface area contributed by atoms with Crippen LogP contribution in [0.15, 0.2) is 48.7 Å². The Morgan fingerprint density at radius 3 is 2.07 bits per heavy atom. The van der Waals surface area contributed by atoms with Crippen LogP contribution in [-0.4, -0.2) is 32.4 Å². The second-order valence-corrected chi connectivity index (χ2v) is 9.72. The third kappa shape index (κ3) is 6.72. The lowest BCUT2D eigenvalue weighted by Gasteiger charge is -2.27. The number of rotatable bonds is 13. The van der Waals surface area contributed by atoms with Gasteiger partial charge in [-0.2, -0.15) is 0 Å². The molecule has 1 aromatic heterocycles.